The van der Waals surface area contributed by atoms with Gasteiger partial charge >= 0.3 is 10.3 Å². The van der Waals surface area contributed by atoms with Crippen LogP contribution < -0.4 is 5.14 Å². The van der Waals surface area contributed by atoms with E-state index < -0.39 is 10.3 Å². The number of hydrogen-bond acceptors (Lipinski definition) is 5. The molecule has 8 heteroatoms. The Bertz CT molecular complexity index is 154. The van der Waals surface area contributed by atoms with Crippen LogP contribution in [-0.4, -0.2) is 49.6 Å². The Morgan fingerprint density at radius 3 is 1.58 bits per heavy atom. The summed E-state index contributed by atoms with van der Waals surface area (Å²) in [7, 11) is -4.17. The van der Waals surface area contributed by atoms with Gasteiger partial charge < -0.3 is 14.9 Å². The fourth-order valence-corrected chi connectivity index (χ4v) is 0.231. The van der Waals surface area contributed by atoms with Gasteiger partial charge in [-0.25, -0.2) is 5.14 Å². The zero-order chi connectivity index (χ0) is 10.0. The maximum Gasteiger partial charge on any atom is 0.330 e. The van der Waals surface area contributed by atoms with E-state index in [0.717, 1.165) is 0 Å². The van der Waals surface area contributed by atoms with E-state index >= 15 is 0 Å². The van der Waals surface area contributed by atoms with Gasteiger partial charge in [0.15, 0.2) is 0 Å². The number of rotatable bonds is 4. The molecule has 0 saturated heterocycles. The molecule has 5 N–H and O–H groups in total. The summed E-state index contributed by atoms with van der Waals surface area (Å²) in [5.74, 6) is 0. The fraction of sp³-hybridized carbons (Fsp3) is 1.00. The minimum absolute atomic E-state index is 0.0278. The highest BCUT2D eigenvalue weighted by atomic mass is 32.2. The molecule has 0 aliphatic rings. The molecule has 0 heterocycles. The summed E-state index contributed by atoms with van der Waals surface area (Å²) in [6.07, 6.45) is 0. The lowest BCUT2D eigenvalue weighted by Crippen LogP contribution is -2.08. The second-order valence-corrected chi connectivity index (χ2v) is 2.60. The third-order valence-corrected chi connectivity index (χ3v) is 0.471. The molecule has 0 aliphatic heterocycles. The Morgan fingerprint density at radius 1 is 1.17 bits per heavy atom. The monoisotopic (exact) mass is 203 g/mol. The van der Waals surface area contributed by atoms with E-state index in [2.05, 4.69) is 9.88 Å². The third-order valence-electron chi connectivity index (χ3n) is 0.471. The third kappa shape index (κ3) is 53.1. The van der Waals surface area contributed by atoms with Gasteiger partial charge in [-0.1, -0.05) is 0 Å². The molecule has 0 aromatic rings. The van der Waals surface area contributed by atoms with Crippen molar-refractivity contribution in [3.63, 3.8) is 0 Å². The van der Waals surface area contributed by atoms with Crippen LogP contribution in [-0.2, 0) is 15.0 Å². The number of aliphatic hydroxyl groups is 2. The first-order valence-electron chi connectivity index (χ1n) is 2.96. The smallest absolute Gasteiger partial charge is 0.330 e. The summed E-state index contributed by atoms with van der Waals surface area (Å²) in [5.41, 5.74) is 0. The number of nitrogens with two attached hydrogens (primary N) is 1. The average molecular weight is 203 g/mol. The van der Waals surface area contributed by atoms with Gasteiger partial charge in [0.1, 0.15) is 0 Å². The van der Waals surface area contributed by atoms with Gasteiger partial charge in [-0.3, -0.25) is 4.55 Å². The molecule has 0 spiro atoms. The summed E-state index contributed by atoms with van der Waals surface area (Å²) in [6.45, 7) is 0.696. The average Bonchev–Trinajstić information content (AvgIpc) is 1.85. The van der Waals surface area contributed by atoms with E-state index in [-0.39, 0.29) is 13.2 Å². The van der Waals surface area contributed by atoms with Crippen molar-refractivity contribution in [2.24, 2.45) is 5.14 Å². The molecule has 0 aromatic carbocycles. The number of aliphatic hydroxyl groups excluding tert-OH is 2. The fourth-order valence-electron chi connectivity index (χ4n) is 0.231. The van der Waals surface area contributed by atoms with Crippen LogP contribution in [0.1, 0.15) is 0 Å². The Labute approximate surface area is 70.6 Å². The molecule has 12 heavy (non-hydrogen) atoms. The maximum absolute atomic E-state index is 8.97. The van der Waals surface area contributed by atoms with Gasteiger partial charge in [0, 0.05) is 0 Å². The Hall–Kier alpha value is -0.250. The number of hydrogen-bond donors (Lipinski definition) is 4. The van der Waals surface area contributed by atoms with Crippen molar-refractivity contribution in [1.82, 2.24) is 0 Å². The molecule has 7 nitrogen and oxygen atoms in total. The molecule has 0 radical (unpaired) electrons. The van der Waals surface area contributed by atoms with Crippen LogP contribution in [0.2, 0.25) is 0 Å². The molecule has 0 rings (SSSR count). The molecule has 0 aromatic heterocycles. The van der Waals surface area contributed by atoms with E-state index in [1.807, 2.05) is 0 Å². The lowest BCUT2D eigenvalue weighted by Gasteiger charge is -1.94. The van der Waals surface area contributed by atoms with E-state index in [9.17, 15) is 0 Å². The van der Waals surface area contributed by atoms with Crippen molar-refractivity contribution in [3.8, 4) is 0 Å². The van der Waals surface area contributed by atoms with Crippen molar-refractivity contribution < 1.29 is 27.9 Å². The van der Waals surface area contributed by atoms with Gasteiger partial charge in [0.05, 0.1) is 26.4 Å². The summed E-state index contributed by atoms with van der Waals surface area (Å²) >= 11 is 0. The molecule has 0 unspecified atom stereocenters. The van der Waals surface area contributed by atoms with Crippen molar-refractivity contribution >= 4 is 10.3 Å². The second kappa shape index (κ2) is 8.84. The lowest BCUT2D eigenvalue weighted by molar-refractivity contribution is 0.0650. The van der Waals surface area contributed by atoms with Gasteiger partial charge in [0.25, 0.3) is 0 Å². The zero-order valence-electron chi connectivity index (χ0n) is 6.38. The molecule has 76 valence electrons. The van der Waals surface area contributed by atoms with Gasteiger partial charge in [-0.15, -0.1) is 0 Å². The first-order chi connectivity index (χ1) is 5.41. The summed E-state index contributed by atoms with van der Waals surface area (Å²) in [6, 6.07) is 0. The summed E-state index contributed by atoms with van der Waals surface area (Å²) in [4.78, 5) is 0. The minimum Gasteiger partial charge on any atom is -0.394 e. The standard InChI is InChI=1S/C4H10O3.H3NO3S/c5-1-3-7-4-2-6;1-5(2,3)4/h5-6H,1-4H2;(H3,1,2,3,4). The van der Waals surface area contributed by atoms with Crippen molar-refractivity contribution in [3.05, 3.63) is 0 Å². The van der Waals surface area contributed by atoms with Crippen LogP contribution in [0.5, 0.6) is 0 Å². The molecular formula is C4H13NO6S. The van der Waals surface area contributed by atoms with Gasteiger partial charge in [-0.05, 0) is 0 Å². The molecule has 0 saturated carbocycles. The molecule has 0 aliphatic carbocycles. The molecule has 0 bridgehead atoms. The Kier molecular flexibility index (Phi) is 10.5. The Balaban J connectivity index is 0. The summed E-state index contributed by atoms with van der Waals surface area (Å²) < 4.78 is 29.8. The highest BCUT2D eigenvalue weighted by Crippen LogP contribution is 1.68. The maximum atomic E-state index is 8.97. The highest BCUT2D eigenvalue weighted by molar-refractivity contribution is 7.83. The van der Waals surface area contributed by atoms with Crippen LogP contribution in [0.25, 0.3) is 0 Å². The zero-order valence-corrected chi connectivity index (χ0v) is 7.20. The molecule has 0 amide bonds. The van der Waals surface area contributed by atoms with Gasteiger partial charge in [-0.2, -0.15) is 8.42 Å². The van der Waals surface area contributed by atoms with Crippen molar-refractivity contribution in [2.75, 3.05) is 26.4 Å². The summed E-state index contributed by atoms with van der Waals surface area (Å²) in [5, 5.41) is 20.1. The predicted octanol–water partition coefficient (Wildman–Crippen LogP) is -2.26. The van der Waals surface area contributed by atoms with Crippen LogP contribution >= 0.6 is 0 Å². The molecule has 0 atom stereocenters. The van der Waals surface area contributed by atoms with E-state index in [1.165, 1.54) is 0 Å². The first kappa shape index (κ1) is 14.3. The second-order valence-electron chi connectivity index (χ2n) is 1.57. The first-order valence-corrected chi connectivity index (χ1v) is 4.46. The normalized spacial score (nSPS) is 10.3. The number of ether oxygens (including phenoxy) is 1. The Morgan fingerprint density at radius 2 is 1.42 bits per heavy atom. The molecule has 0 fully saturated rings. The van der Waals surface area contributed by atoms with Crippen molar-refractivity contribution in [1.29, 1.82) is 0 Å². The van der Waals surface area contributed by atoms with E-state index in [1.54, 1.807) is 0 Å². The van der Waals surface area contributed by atoms with Crippen molar-refractivity contribution in [2.45, 2.75) is 0 Å². The van der Waals surface area contributed by atoms with E-state index in [0.29, 0.717) is 13.2 Å². The van der Waals surface area contributed by atoms with Gasteiger partial charge in [0.2, 0.25) is 0 Å². The van der Waals surface area contributed by atoms with E-state index in [4.69, 9.17) is 23.2 Å². The SMILES string of the molecule is NS(=O)(=O)O.OCCOCCO. The minimum atomic E-state index is -4.17. The van der Waals surface area contributed by atoms with Crippen LogP contribution in [0.3, 0.4) is 0 Å². The quantitative estimate of drug-likeness (QED) is 0.301. The largest absolute Gasteiger partial charge is 0.394 e. The van der Waals surface area contributed by atoms with Crippen LogP contribution in [0.4, 0.5) is 0 Å². The topological polar surface area (TPSA) is 130 Å². The lowest BCUT2D eigenvalue weighted by atomic mass is 10.7. The van der Waals surface area contributed by atoms with Crippen LogP contribution in [0, 0.1) is 0 Å². The van der Waals surface area contributed by atoms with Crippen LogP contribution in [0.15, 0.2) is 0 Å². The highest BCUT2D eigenvalue weighted by Gasteiger charge is 1.81. The molecular weight excluding hydrogens is 190 g/mol. The predicted molar refractivity (Wildman–Crippen MR) is 40.7 cm³/mol.